The second kappa shape index (κ2) is 8.03. The van der Waals surface area contributed by atoms with Crippen LogP contribution in [0.2, 0.25) is 0 Å². The Hall–Kier alpha value is -3.21. The number of aromatic amines is 1. The van der Waals surface area contributed by atoms with Gasteiger partial charge in [0.15, 0.2) is 0 Å². The predicted octanol–water partition coefficient (Wildman–Crippen LogP) is 2.91. The monoisotopic (exact) mass is 392 g/mol. The third kappa shape index (κ3) is 3.86. The van der Waals surface area contributed by atoms with Crippen LogP contribution >= 0.6 is 0 Å². The van der Waals surface area contributed by atoms with E-state index in [1.165, 1.54) is 6.33 Å². The van der Waals surface area contributed by atoms with Crippen molar-refractivity contribution >= 4 is 28.7 Å². The summed E-state index contributed by atoms with van der Waals surface area (Å²) in [7, 11) is 0. The molecule has 150 valence electrons. The number of carbonyl (C=O) groups is 2. The van der Waals surface area contributed by atoms with E-state index in [4.69, 9.17) is 6.57 Å². The number of amides is 2. The molecule has 1 N–H and O–H groups in total. The molecule has 0 aromatic carbocycles. The van der Waals surface area contributed by atoms with Gasteiger partial charge in [0.05, 0.1) is 18.0 Å². The first-order valence-electron chi connectivity index (χ1n) is 10.1. The van der Waals surface area contributed by atoms with Crippen molar-refractivity contribution in [3.8, 4) is 0 Å². The minimum Gasteiger partial charge on any atom is -0.346 e. The molecule has 8 heteroatoms. The van der Waals surface area contributed by atoms with Crippen molar-refractivity contribution in [1.82, 2.24) is 19.9 Å². The van der Waals surface area contributed by atoms with Crippen LogP contribution in [0.15, 0.2) is 30.4 Å². The molecule has 3 heterocycles. The molecule has 1 saturated carbocycles. The van der Waals surface area contributed by atoms with Crippen molar-refractivity contribution in [2.24, 2.45) is 5.92 Å². The molecule has 0 bridgehead atoms. The molecule has 2 amide bonds. The van der Waals surface area contributed by atoms with Crippen molar-refractivity contribution in [3.63, 3.8) is 0 Å². The lowest BCUT2D eigenvalue weighted by Crippen LogP contribution is -2.52. The number of allylic oxidation sites excluding steroid dienone is 1. The van der Waals surface area contributed by atoms with Gasteiger partial charge in [0.25, 0.3) is 5.91 Å². The van der Waals surface area contributed by atoms with Crippen LogP contribution in [0.4, 0.5) is 5.82 Å². The van der Waals surface area contributed by atoms with Gasteiger partial charge in [0, 0.05) is 25.7 Å². The summed E-state index contributed by atoms with van der Waals surface area (Å²) in [5.41, 5.74) is 0.773. The van der Waals surface area contributed by atoms with E-state index < -0.39 is 0 Å². The summed E-state index contributed by atoms with van der Waals surface area (Å²) in [5, 5.41) is 0.732. The molecular weight excluding hydrogens is 368 g/mol. The highest BCUT2D eigenvalue weighted by Crippen LogP contribution is 2.34. The second-order valence-corrected chi connectivity index (χ2v) is 7.60. The van der Waals surface area contributed by atoms with Gasteiger partial charge in [-0.1, -0.05) is 13.0 Å². The lowest BCUT2D eigenvalue weighted by Gasteiger charge is -2.39. The number of likely N-dealkylation sites (tertiary alicyclic amines) is 1. The van der Waals surface area contributed by atoms with Gasteiger partial charge in [-0.25, -0.2) is 14.8 Å². The normalized spacial score (nSPS) is 19.8. The van der Waals surface area contributed by atoms with Crippen LogP contribution in [0.25, 0.3) is 15.9 Å². The largest absolute Gasteiger partial charge is 0.346 e. The van der Waals surface area contributed by atoms with Crippen LogP contribution in [0.1, 0.15) is 39.0 Å². The molecule has 1 aliphatic heterocycles. The quantitative estimate of drug-likeness (QED) is 0.626. The molecule has 1 atom stereocenters. The maximum atomic E-state index is 13.5. The van der Waals surface area contributed by atoms with E-state index in [2.05, 4.69) is 19.8 Å². The van der Waals surface area contributed by atoms with Gasteiger partial charge < -0.3 is 9.88 Å². The summed E-state index contributed by atoms with van der Waals surface area (Å²) in [6, 6.07) is 1.61. The topological polar surface area (TPSA) is 86.6 Å². The molecule has 0 unspecified atom stereocenters. The standard InChI is InChI=1S/C21H24N6O2/c1-3-18(28)26-10-4-5-15(12-26)27(21(29)17(22-2)11-14-6-7-14)20-16-8-9-23-19(16)24-13-25-20/h8-9,11,13-15H,3-7,10,12H2,1H3,(H,23,24,25)/b17-11-/t15-/m1/s1. The van der Waals surface area contributed by atoms with Crippen molar-refractivity contribution in [2.75, 3.05) is 18.0 Å². The first-order chi connectivity index (χ1) is 14.1. The Labute approximate surface area is 169 Å². The molecule has 8 nitrogen and oxygen atoms in total. The molecule has 29 heavy (non-hydrogen) atoms. The number of hydrogen-bond acceptors (Lipinski definition) is 4. The second-order valence-electron chi connectivity index (χ2n) is 7.60. The average Bonchev–Trinajstić information content (AvgIpc) is 3.44. The first kappa shape index (κ1) is 19.1. The summed E-state index contributed by atoms with van der Waals surface area (Å²) in [6.45, 7) is 10.5. The fourth-order valence-corrected chi connectivity index (χ4v) is 3.87. The summed E-state index contributed by atoms with van der Waals surface area (Å²) < 4.78 is 0. The summed E-state index contributed by atoms with van der Waals surface area (Å²) in [5.74, 6) is 0.536. The fourth-order valence-electron chi connectivity index (χ4n) is 3.87. The number of H-pyrrole nitrogens is 1. The zero-order valence-corrected chi connectivity index (χ0v) is 16.5. The number of hydrogen-bond donors (Lipinski definition) is 1. The van der Waals surface area contributed by atoms with Crippen LogP contribution in [0, 0.1) is 12.5 Å². The number of rotatable bonds is 5. The molecule has 0 radical (unpaired) electrons. The van der Waals surface area contributed by atoms with Gasteiger partial charge in [0.1, 0.15) is 17.8 Å². The molecular formula is C21H24N6O2. The number of fused-ring (bicyclic) bond motifs is 1. The van der Waals surface area contributed by atoms with Crippen molar-refractivity contribution in [1.29, 1.82) is 0 Å². The number of nitrogens with one attached hydrogen (secondary N) is 1. The van der Waals surface area contributed by atoms with E-state index in [0.717, 1.165) is 31.1 Å². The average molecular weight is 392 g/mol. The highest BCUT2D eigenvalue weighted by Gasteiger charge is 2.35. The van der Waals surface area contributed by atoms with Crippen molar-refractivity contribution < 1.29 is 9.59 Å². The Bertz CT molecular complexity index is 1000. The zero-order chi connectivity index (χ0) is 20.4. The molecule has 1 aliphatic carbocycles. The van der Waals surface area contributed by atoms with Gasteiger partial charge in [-0.05, 0) is 37.7 Å². The molecule has 2 aromatic heterocycles. The Morgan fingerprint density at radius 1 is 1.38 bits per heavy atom. The molecule has 2 aliphatic rings. The molecule has 0 spiro atoms. The maximum Gasteiger partial charge on any atom is 0.258 e. The first-order valence-corrected chi connectivity index (χ1v) is 10.1. The maximum absolute atomic E-state index is 13.5. The van der Waals surface area contributed by atoms with Crippen LogP contribution < -0.4 is 4.90 Å². The summed E-state index contributed by atoms with van der Waals surface area (Å²) in [4.78, 5) is 44.5. The minimum absolute atomic E-state index is 0.0792. The summed E-state index contributed by atoms with van der Waals surface area (Å²) in [6.07, 6.45) is 9.00. The van der Waals surface area contributed by atoms with Gasteiger partial charge in [-0.15, -0.1) is 0 Å². The highest BCUT2D eigenvalue weighted by molar-refractivity contribution is 6.10. The van der Waals surface area contributed by atoms with Crippen LogP contribution in [-0.4, -0.2) is 50.8 Å². The van der Waals surface area contributed by atoms with Gasteiger partial charge in [-0.3, -0.25) is 14.5 Å². The van der Waals surface area contributed by atoms with Crippen LogP contribution in [-0.2, 0) is 9.59 Å². The number of anilines is 1. The van der Waals surface area contributed by atoms with Crippen LogP contribution in [0.3, 0.4) is 0 Å². The minimum atomic E-state index is -0.344. The smallest absolute Gasteiger partial charge is 0.258 e. The van der Waals surface area contributed by atoms with Crippen LogP contribution in [0.5, 0.6) is 0 Å². The molecule has 4 rings (SSSR count). The Morgan fingerprint density at radius 3 is 2.93 bits per heavy atom. The van der Waals surface area contributed by atoms with E-state index in [9.17, 15) is 9.59 Å². The van der Waals surface area contributed by atoms with Crippen molar-refractivity contribution in [2.45, 2.75) is 45.1 Å². The Balaban J connectivity index is 1.75. The number of carbonyl (C=O) groups excluding carboxylic acids is 2. The van der Waals surface area contributed by atoms with Gasteiger partial charge in [0.2, 0.25) is 11.6 Å². The van der Waals surface area contributed by atoms with Gasteiger partial charge >= 0.3 is 0 Å². The number of nitrogens with zero attached hydrogens (tertiary/aromatic N) is 5. The molecule has 2 fully saturated rings. The Kier molecular flexibility index (Phi) is 5.30. The molecule has 1 saturated heterocycles. The lowest BCUT2D eigenvalue weighted by molar-refractivity contribution is -0.132. The predicted molar refractivity (Wildman–Crippen MR) is 109 cm³/mol. The summed E-state index contributed by atoms with van der Waals surface area (Å²) >= 11 is 0. The van der Waals surface area contributed by atoms with E-state index in [1.54, 1.807) is 17.2 Å². The van der Waals surface area contributed by atoms with E-state index in [-0.39, 0.29) is 23.6 Å². The SMILES string of the molecule is [C-]#[N+]/C(=C\C1CC1)C(=O)N(c1ncnc2[nH]ccc12)[C@@H]1CCCN(C(=O)CC)C1. The number of aromatic nitrogens is 3. The third-order valence-electron chi connectivity index (χ3n) is 5.55. The fraction of sp³-hybridized carbons (Fsp3) is 0.476. The highest BCUT2D eigenvalue weighted by atomic mass is 16.2. The zero-order valence-electron chi connectivity index (χ0n) is 16.5. The third-order valence-corrected chi connectivity index (χ3v) is 5.55. The van der Waals surface area contributed by atoms with E-state index >= 15 is 0 Å². The molecule has 2 aromatic rings. The van der Waals surface area contributed by atoms with Crippen molar-refractivity contribution in [3.05, 3.63) is 41.8 Å². The number of piperidine rings is 1. The lowest BCUT2D eigenvalue weighted by atomic mass is 10.0. The van der Waals surface area contributed by atoms with E-state index in [0.29, 0.717) is 36.9 Å². The van der Waals surface area contributed by atoms with E-state index in [1.807, 2.05) is 17.9 Å². The van der Waals surface area contributed by atoms with Gasteiger partial charge in [-0.2, -0.15) is 0 Å². The Morgan fingerprint density at radius 2 is 2.21 bits per heavy atom.